The van der Waals surface area contributed by atoms with Crippen molar-refractivity contribution < 1.29 is 31.2 Å². The van der Waals surface area contributed by atoms with Gasteiger partial charge in [-0.25, -0.2) is 21.6 Å². The summed E-state index contributed by atoms with van der Waals surface area (Å²) in [6, 6.07) is 7.39. The molecule has 2 aromatic carbocycles. The molecule has 2 N–H and O–H groups in total. The van der Waals surface area contributed by atoms with Crippen LogP contribution in [0, 0.1) is 17.5 Å². The van der Waals surface area contributed by atoms with Crippen LogP contribution in [0.25, 0.3) is 0 Å². The Kier molecular flexibility index (Phi) is 5.78. The zero-order valence-corrected chi connectivity index (χ0v) is 15.7. The highest BCUT2D eigenvalue weighted by atomic mass is 32.2. The van der Waals surface area contributed by atoms with Gasteiger partial charge in [-0.3, -0.25) is 13.9 Å². The monoisotopic (exact) mass is 427 g/mol. The number of anilines is 2. The van der Waals surface area contributed by atoms with Crippen LogP contribution in [-0.2, 0) is 14.8 Å². The molecule has 0 radical (unpaired) electrons. The number of amides is 2. The average molecular weight is 427 g/mol. The van der Waals surface area contributed by atoms with E-state index in [9.17, 15) is 31.2 Å². The zero-order valence-electron chi connectivity index (χ0n) is 14.9. The second-order valence-corrected chi connectivity index (χ2v) is 8.26. The number of nitrogens with zero attached hydrogens (tertiary/aromatic N) is 1. The SMILES string of the molecule is O=C(CNC(=O)c1cccc(N2CCCS2(=O)=O)c1)Nc1ccc(F)c(F)c1F. The number of carbonyl (C=O) groups excluding carboxylic acids is 2. The number of benzene rings is 2. The third kappa shape index (κ3) is 4.50. The van der Waals surface area contributed by atoms with E-state index in [1.54, 1.807) is 6.07 Å². The van der Waals surface area contributed by atoms with Crippen LogP contribution in [0.2, 0.25) is 0 Å². The minimum atomic E-state index is -3.41. The summed E-state index contributed by atoms with van der Waals surface area (Å²) in [4.78, 5) is 24.1. The second-order valence-electron chi connectivity index (χ2n) is 6.25. The highest BCUT2D eigenvalue weighted by molar-refractivity contribution is 7.93. The smallest absolute Gasteiger partial charge is 0.251 e. The Morgan fingerprint density at radius 2 is 1.83 bits per heavy atom. The topological polar surface area (TPSA) is 95.6 Å². The van der Waals surface area contributed by atoms with E-state index in [1.807, 2.05) is 5.32 Å². The lowest BCUT2D eigenvalue weighted by Crippen LogP contribution is -2.33. The van der Waals surface area contributed by atoms with Crippen molar-refractivity contribution in [3.05, 3.63) is 59.4 Å². The van der Waals surface area contributed by atoms with E-state index < -0.39 is 51.5 Å². The molecule has 1 aliphatic heterocycles. The van der Waals surface area contributed by atoms with Gasteiger partial charge in [-0.2, -0.15) is 0 Å². The molecule has 0 atom stereocenters. The quantitative estimate of drug-likeness (QED) is 0.714. The van der Waals surface area contributed by atoms with Crippen molar-refractivity contribution in [3.8, 4) is 0 Å². The molecule has 0 aromatic heterocycles. The summed E-state index contributed by atoms with van der Waals surface area (Å²) in [5, 5.41) is 4.32. The van der Waals surface area contributed by atoms with Gasteiger partial charge in [0.25, 0.3) is 5.91 Å². The maximum absolute atomic E-state index is 13.6. The van der Waals surface area contributed by atoms with Gasteiger partial charge in [0.2, 0.25) is 15.9 Å². The molecule has 3 rings (SSSR count). The number of rotatable bonds is 5. The van der Waals surface area contributed by atoms with E-state index >= 15 is 0 Å². The van der Waals surface area contributed by atoms with Gasteiger partial charge >= 0.3 is 0 Å². The molecule has 0 unspecified atom stereocenters. The first-order chi connectivity index (χ1) is 13.7. The molecule has 29 heavy (non-hydrogen) atoms. The Hall–Kier alpha value is -3.08. The first kappa shape index (κ1) is 20.6. The van der Waals surface area contributed by atoms with Crippen molar-refractivity contribution >= 4 is 33.2 Å². The Morgan fingerprint density at radius 3 is 2.52 bits per heavy atom. The van der Waals surface area contributed by atoms with E-state index in [-0.39, 0.29) is 11.3 Å². The predicted octanol–water partition coefficient (Wildman–Crippen LogP) is 2.01. The molecule has 2 amide bonds. The van der Waals surface area contributed by atoms with Gasteiger partial charge in [0.15, 0.2) is 17.5 Å². The normalized spacial score (nSPS) is 15.2. The van der Waals surface area contributed by atoms with Gasteiger partial charge in [-0.15, -0.1) is 0 Å². The molecule has 11 heteroatoms. The van der Waals surface area contributed by atoms with Gasteiger partial charge in [0.1, 0.15) is 0 Å². The lowest BCUT2D eigenvalue weighted by molar-refractivity contribution is -0.115. The van der Waals surface area contributed by atoms with E-state index in [4.69, 9.17) is 0 Å². The third-order valence-electron chi connectivity index (χ3n) is 4.21. The minimum Gasteiger partial charge on any atom is -0.343 e. The molecule has 1 fully saturated rings. The van der Waals surface area contributed by atoms with Crippen LogP contribution in [0.3, 0.4) is 0 Å². The van der Waals surface area contributed by atoms with E-state index in [0.717, 1.165) is 6.07 Å². The average Bonchev–Trinajstić information content (AvgIpc) is 3.05. The van der Waals surface area contributed by atoms with Gasteiger partial charge in [0, 0.05) is 12.1 Å². The molecule has 2 aromatic rings. The number of halogens is 3. The molecule has 0 saturated carbocycles. The molecular weight excluding hydrogens is 411 g/mol. The van der Waals surface area contributed by atoms with E-state index in [1.165, 1.54) is 22.5 Å². The standard InChI is InChI=1S/C18H16F3N3O4S/c19-13-5-6-14(17(21)16(13)20)23-15(25)10-22-18(26)11-3-1-4-12(9-11)24-7-2-8-29(24,27)28/h1,3-6,9H,2,7-8,10H2,(H,22,26)(H,23,25). The van der Waals surface area contributed by atoms with E-state index in [0.29, 0.717) is 24.7 Å². The fraction of sp³-hybridized carbons (Fsp3) is 0.222. The van der Waals surface area contributed by atoms with Gasteiger partial charge in [-0.1, -0.05) is 6.07 Å². The van der Waals surface area contributed by atoms with Crippen molar-refractivity contribution in [3.63, 3.8) is 0 Å². The second kappa shape index (κ2) is 8.11. The van der Waals surface area contributed by atoms with Crippen molar-refractivity contribution in [2.24, 2.45) is 0 Å². The van der Waals surface area contributed by atoms with Gasteiger partial charge in [0.05, 0.1) is 23.7 Å². The summed E-state index contributed by atoms with van der Waals surface area (Å²) in [5.74, 6) is -6.16. The van der Waals surface area contributed by atoms with Crippen LogP contribution in [0.15, 0.2) is 36.4 Å². The number of carbonyl (C=O) groups is 2. The molecule has 1 heterocycles. The van der Waals surface area contributed by atoms with Crippen molar-refractivity contribution in [1.82, 2.24) is 5.32 Å². The molecule has 0 aliphatic carbocycles. The first-order valence-electron chi connectivity index (χ1n) is 8.51. The highest BCUT2D eigenvalue weighted by Gasteiger charge is 2.28. The van der Waals surface area contributed by atoms with Crippen LogP contribution >= 0.6 is 0 Å². The molecule has 0 bridgehead atoms. The fourth-order valence-electron chi connectivity index (χ4n) is 2.81. The Morgan fingerprint density at radius 1 is 1.07 bits per heavy atom. The summed E-state index contributed by atoms with van der Waals surface area (Å²) in [7, 11) is -3.41. The Balaban J connectivity index is 1.63. The summed E-state index contributed by atoms with van der Waals surface area (Å²) in [6.45, 7) is -0.251. The third-order valence-corrected chi connectivity index (χ3v) is 6.08. The molecular formula is C18H16F3N3O4S. The van der Waals surface area contributed by atoms with Crippen molar-refractivity contribution in [2.75, 3.05) is 28.5 Å². The minimum absolute atomic E-state index is 0.0319. The molecule has 0 spiro atoms. The number of sulfonamides is 1. The van der Waals surface area contributed by atoms with Gasteiger partial charge < -0.3 is 10.6 Å². The molecule has 154 valence electrons. The Labute approximate surface area is 164 Å². The lowest BCUT2D eigenvalue weighted by atomic mass is 10.2. The van der Waals surface area contributed by atoms with Crippen LogP contribution in [0.4, 0.5) is 24.5 Å². The number of hydrogen-bond donors (Lipinski definition) is 2. The number of hydrogen-bond acceptors (Lipinski definition) is 4. The molecule has 1 aliphatic rings. The fourth-order valence-corrected chi connectivity index (χ4v) is 4.37. The molecule has 1 saturated heterocycles. The van der Waals surface area contributed by atoms with Gasteiger partial charge in [-0.05, 0) is 36.8 Å². The zero-order chi connectivity index (χ0) is 21.2. The van der Waals surface area contributed by atoms with Crippen LogP contribution < -0.4 is 14.9 Å². The summed E-state index contributed by atoms with van der Waals surface area (Å²) >= 11 is 0. The summed E-state index contributed by atoms with van der Waals surface area (Å²) in [5.41, 5.74) is -0.107. The summed E-state index contributed by atoms with van der Waals surface area (Å²) in [6.07, 6.45) is 0.486. The Bertz CT molecular complexity index is 1080. The lowest BCUT2D eigenvalue weighted by Gasteiger charge is -2.17. The van der Waals surface area contributed by atoms with Crippen LogP contribution in [0.5, 0.6) is 0 Å². The van der Waals surface area contributed by atoms with Crippen LogP contribution in [0.1, 0.15) is 16.8 Å². The van der Waals surface area contributed by atoms with Crippen LogP contribution in [-0.4, -0.2) is 39.1 Å². The predicted molar refractivity (Wildman–Crippen MR) is 99.5 cm³/mol. The maximum atomic E-state index is 13.6. The highest BCUT2D eigenvalue weighted by Crippen LogP contribution is 2.24. The summed E-state index contributed by atoms with van der Waals surface area (Å²) < 4.78 is 64.9. The first-order valence-corrected chi connectivity index (χ1v) is 10.1. The molecule has 7 nitrogen and oxygen atoms in total. The van der Waals surface area contributed by atoms with Crippen molar-refractivity contribution in [2.45, 2.75) is 6.42 Å². The largest absolute Gasteiger partial charge is 0.343 e. The maximum Gasteiger partial charge on any atom is 0.251 e. The van der Waals surface area contributed by atoms with Crippen molar-refractivity contribution in [1.29, 1.82) is 0 Å². The number of nitrogens with one attached hydrogen (secondary N) is 2. The van der Waals surface area contributed by atoms with E-state index in [2.05, 4.69) is 5.32 Å².